The molecule has 0 atom stereocenters. The zero-order chi connectivity index (χ0) is 12.0. The molecule has 0 saturated carbocycles. The summed E-state index contributed by atoms with van der Waals surface area (Å²) in [6.45, 7) is 1.11. The van der Waals surface area contributed by atoms with E-state index in [9.17, 15) is 0 Å². The topological polar surface area (TPSA) is 21.7 Å². The predicted octanol–water partition coefficient (Wildman–Crippen LogP) is 2.19. The number of halogens is 1. The van der Waals surface area contributed by atoms with Crippen molar-refractivity contribution in [1.82, 2.24) is 4.90 Å². The lowest BCUT2D eigenvalue weighted by molar-refractivity contribution is 0.329. The first-order chi connectivity index (χ1) is 7.67. The average Bonchev–Trinajstić information content (AvgIpc) is 2.25. The molecule has 0 radical (unpaired) electrons. The van der Waals surface area contributed by atoms with Crippen LogP contribution in [0.3, 0.4) is 0 Å². The van der Waals surface area contributed by atoms with Crippen molar-refractivity contribution in [2.24, 2.45) is 0 Å². The summed E-state index contributed by atoms with van der Waals surface area (Å²) in [5.41, 5.74) is 1.16. The molecule has 0 fully saturated rings. The lowest BCUT2D eigenvalue weighted by atomic mass is 10.2. The number of terminal acetylenes is 1. The van der Waals surface area contributed by atoms with E-state index in [1.54, 1.807) is 7.11 Å². The molecular weight excluding hydrogens is 238 g/mol. The largest absolute Gasteiger partial charge is 0.493 e. The van der Waals surface area contributed by atoms with Crippen LogP contribution in [-0.4, -0.2) is 32.7 Å². The predicted molar refractivity (Wildman–Crippen MR) is 72.0 cm³/mol. The van der Waals surface area contributed by atoms with Gasteiger partial charge in [-0.25, -0.2) is 0 Å². The van der Waals surface area contributed by atoms with Crippen LogP contribution in [0.5, 0.6) is 11.5 Å². The lowest BCUT2D eigenvalue weighted by Gasteiger charge is -2.13. The molecule has 4 heteroatoms. The zero-order valence-corrected chi connectivity index (χ0v) is 11.2. The first-order valence-corrected chi connectivity index (χ1v) is 5.05. The number of methoxy groups -OCH3 is 1. The summed E-state index contributed by atoms with van der Waals surface area (Å²) in [7, 11) is 5.65. The van der Waals surface area contributed by atoms with Crippen LogP contribution in [0.25, 0.3) is 0 Å². The number of hydrogen-bond donors (Lipinski definition) is 0. The van der Waals surface area contributed by atoms with Gasteiger partial charge in [0.2, 0.25) is 0 Å². The molecule has 3 nitrogen and oxygen atoms in total. The normalized spacial score (nSPS) is 9.35. The average molecular weight is 256 g/mol. The molecule has 0 aliphatic carbocycles. The Morgan fingerprint density at radius 3 is 2.53 bits per heavy atom. The van der Waals surface area contributed by atoms with E-state index < -0.39 is 0 Å². The third-order valence-corrected chi connectivity index (χ3v) is 2.04. The third-order valence-electron chi connectivity index (χ3n) is 2.04. The van der Waals surface area contributed by atoms with E-state index in [4.69, 9.17) is 15.9 Å². The standard InChI is InChI=1S/C13H17NO2.ClH/c1-5-8-16-13-9-11(10-14(2)3)6-7-12(13)15-4;/h1,6-7,9H,8,10H2,2-4H3;1H. The summed E-state index contributed by atoms with van der Waals surface area (Å²) < 4.78 is 10.6. The highest BCUT2D eigenvalue weighted by atomic mass is 35.5. The monoisotopic (exact) mass is 255 g/mol. The molecule has 1 aromatic carbocycles. The molecule has 1 rings (SSSR count). The summed E-state index contributed by atoms with van der Waals surface area (Å²) in [4.78, 5) is 2.09. The van der Waals surface area contributed by atoms with E-state index in [1.807, 2.05) is 32.3 Å². The Labute approximate surface area is 109 Å². The SMILES string of the molecule is C#CCOc1cc(CN(C)C)ccc1OC.Cl. The van der Waals surface area contributed by atoms with Crippen molar-refractivity contribution in [2.75, 3.05) is 27.8 Å². The second-order valence-electron chi connectivity index (χ2n) is 3.72. The molecule has 0 bridgehead atoms. The van der Waals surface area contributed by atoms with Crippen LogP contribution >= 0.6 is 12.4 Å². The van der Waals surface area contributed by atoms with Gasteiger partial charge in [0.05, 0.1) is 7.11 Å². The molecule has 0 aliphatic heterocycles. The summed E-state index contributed by atoms with van der Waals surface area (Å²) in [6, 6.07) is 5.86. The van der Waals surface area contributed by atoms with E-state index in [-0.39, 0.29) is 19.0 Å². The van der Waals surface area contributed by atoms with Crippen LogP contribution in [0.1, 0.15) is 5.56 Å². The molecular formula is C13H18ClNO2. The maximum absolute atomic E-state index is 5.42. The van der Waals surface area contributed by atoms with Gasteiger partial charge in [0, 0.05) is 6.54 Å². The fourth-order valence-electron chi connectivity index (χ4n) is 1.42. The quantitative estimate of drug-likeness (QED) is 0.753. The first kappa shape index (κ1) is 15.6. The van der Waals surface area contributed by atoms with E-state index in [0.717, 1.165) is 12.1 Å². The molecule has 0 amide bonds. The second kappa shape index (κ2) is 7.83. The molecule has 0 spiro atoms. The smallest absolute Gasteiger partial charge is 0.162 e. The van der Waals surface area contributed by atoms with Gasteiger partial charge in [-0.15, -0.1) is 18.8 Å². The third kappa shape index (κ3) is 4.99. The van der Waals surface area contributed by atoms with Gasteiger partial charge in [-0.1, -0.05) is 12.0 Å². The molecule has 0 N–H and O–H groups in total. The van der Waals surface area contributed by atoms with Gasteiger partial charge in [0.25, 0.3) is 0 Å². The van der Waals surface area contributed by atoms with Crippen molar-refractivity contribution in [3.63, 3.8) is 0 Å². The molecule has 0 unspecified atom stereocenters. The molecule has 0 aliphatic rings. The zero-order valence-electron chi connectivity index (χ0n) is 10.4. The first-order valence-electron chi connectivity index (χ1n) is 5.05. The Kier molecular flexibility index (Phi) is 7.20. The van der Waals surface area contributed by atoms with Gasteiger partial charge >= 0.3 is 0 Å². The van der Waals surface area contributed by atoms with Crippen molar-refractivity contribution in [3.05, 3.63) is 23.8 Å². The van der Waals surface area contributed by atoms with Crippen LogP contribution in [0.15, 0.2) is 18.2 Å². The van der Waals surface area contributed by atoms with E-state index in [1.165, 1.54) is 0 Å². The highest BCUT2D eigenvalue weighted by Crippen LogP contribution is 2.28. The lowest BCUT2D eigenvalue weighted by Crippen LogP contribution is -2.10. The number of rotatable bonds is 5. The Balaban J connectivity index is 0.00000256. The maximum atomic E-state index is 5.42. The van der Waals surface area contributed by atoms with Gasteiger partial charge in [-0.05, 0) is 31.8 Å². The van der Waals surface area contributed by atoms with Gasteiger partial charge in [0.15, 0.2) is 11.5 Å². The molecule has 1 aromatic rings. The Bertz CT molecular complexity index is 385. The fourth-order valence-corrected chi connectivity index (χ4v) is 1.42. The molecule has 0 heterocycles. The van der Waals surface area contributed by atoms with Crippen LogP contribution < -0.4 is 9.47 Å². The molecule has 0 saturated heterocycles. The van der Waals surface area contributed by atoms with Crippen LogP contribution in [0, 0.1) is 12.3 Å². The van der Waals surface area contributed by atoms with Gasteiger partial charge in [-0.2, -0.15) is 0 Å². The number of hydrogen-bond acceptors (Lipinski definition) is 3. The molecule has 17 heavy (non-hydrogen) atoms. The van der Waals surface area contributed by atoms with Crippen molar-refractivity contribution in [3.8, 4) is 23.8 Å². The number of benzene rings is 1. The van der Waals surface area contributed by atoms with E-state index in [0.29, 0.717) is 11.5 Å². The van der Waals surface area contributed by atoms with Crippen molar-refractivity contribution >= 4 is 12.4 Å². The summed E-state index contributed by atoms with van der Waals surface area (Å²) in [5, 5.41) is 0. The summed E-state index contributed by atoms with van der Waals surface area (Å²) in [5.74, 6) is 3.84. The van der Waals surface area contributed by atoms with E-state index in [2.05, 4.69) is 10.8 Å². The summed E-state index contributed by atoms with van der Waals surface area (Å²) in [6.07, 6.45) is 5.16. The van der Waals surface area contributed by atoms with Gasteiger partial charge in [0.1, 0.15) is 6.61 Å². The second-order valence-corrected chi connectivity index (χ2v) is 3.72. The Morgan fingerprint density at radius 2 is 2.00 bits per heavy atom. The minimum atomic E-state index is 0. The highest BCUT2D eigenvalue weighted by molar-refractivity contribution is 5.85. The summed E-state index contributed by atoms with van der Waals surface area (Å²) >= 11 is 0. The van der Waals surface area contributed by atoms with Crippen molar-refractivity contribution in [1.29, 1.82) is 0 Å². The van der Waals surface area contributed by atoms with E-state index >= 15 is 0 Å². The number of ether oxygens (including phenoxy) is 2. The van der Waals surface area contributed by atoms with Gasteiger partial charge < -0.3 is 14.4 Å². The van der Waals surface area contributed by atoms with Crippen LogP contribution in [0.4, 0.5) is 0 Å². The van der Waals surface area contributed by atoms with Crippen LogP contribution in [-0.2, 0) is 6.54 Å². The van der Waals surface area contributed by atoms with Crippen molar-refractivity contribution < 1.29 is 9.47 Å². The number of nitrogens with zero attached hydrogens (tertiary/aromatic N) is 1. The maximum Gasteiger partial charge on any atom is 0.162 e. The fraction of sp³-hybridized carbons (Fsp3) is 0.385. The minimum absolute atomic E-state index is 0. The minimum Gasteiger partial charge on any atom is -0.493 e. The Hall–Kier alpha value is -1.37. The van der Waals surface area contributed by atoms with Crippen molar-refractivity contribution in [2.45, 2.75) is 6.54 Å². The van der Waals surface area contributed by atoms with Gasteiger partial charge in [-0.3, -0.25) is 0 Å². The molecule has 94 valence electrons. The molecule has 0 aromatic heterocycles. The van der Waals surface area contributed by atoms with Crippen LogP contribution in [0.2, 0.25) is 0 Å². The highest BCUT2D eigenvalue weighted by Gasteiger charge is 2.05. The Morgan fingerprint density at radius 1 is 1.29 bits per heavy atom.